The number of hydrogen-bond donors (Lipinski definition) is 1. The maximum atomic E-state index is 12.0. The molecule has 0 amide bonds. The van der Waals surface area contributed by atoms with E-state index in [2.05, 4.69) is 9.84 Å². The van der Waals surface area contributed by atoms with Gasteiger partial charge in [-0.2, -0.15) is 13.9 Å². The molecule has 1 unspecified atom stereocenters. The van der Waals surface area contributed by atoms with Gasteiger partial charge in [0.25, 0.3) is 0 Å². The fourth-order valence-corrected chi connectivity index (χ4v) is 1.86. The summed E-state index contributed by atoms with van der Waals surface area (Å²) in [5.41, 5.74) is 6.64. The zero-order chi connectivity index (χ0) is 14.0. The molecule has 1 aromatic carbocycles. The van der Waals surface area contributed by atoms with Crippen molar-refractivity contribution in [3.63, 3.8) is 0 Å². The topological polar surface area (TPSA) is 53.1 Å². The van der Waals surface area contributed by atoms with Gasteiger partial charge in [0.2, 0.25) is 0 Å². The highest BCUT2D eigenvalue weighted by Crippen LogP contribution is 2.26. The van der Waals surface area contributed by atoms with Crippen LogP contribution in [0.15, 0.2) is 30.5 Å². The van der Waals surface area contributed by atoms with Gasteiger partial charge in [-0.1, -0.05) is 23.7 Å². The lowest BCUT2D eigenvalue weighted by atomic mass is 10.1. The van der Waals surface area contributed by atoms with E-state index >= 15 is 0 Å². The van der Waals surface area contributed by atoms with Crippen LogP contribution in [0.4, 0.5) is 14.6 Å². The zero-order valence-corrected chi connectivity index (χ0v) is 10.8. The van der Waals surface area contributed by atoms with Gasteiger partial charge in [0.05, 0.1) is 12.2 Å². The summed E-state index contributed by atoms with van der Waals surface area (Å²) in [4.78, 5) is 0. The highest BCUT2D eigenvalue weighted by molar-refractivity contribution is 6.32. The number of halogens is 3. The quantitative estimate of drug-likeness (QED) is 0.938. The molecule has 0 aliphatic rings. The Hall–Kier alpha value is -1.82. The summed E-state index contributed by atoms with van der Waals surface area (Å²) in [6, 6.07) is 6.14. The van der Waals surface area contributed by atoms with E-state index in [9.17, 15) is 8.78 Å². The van der Waals surface area contributed by atoms with Crippen molar-refractivity contribution in [3.8, 4) is 5.75 Å². The number of benzene rings is 1. The summed E-state index contributed by atoms with van der Waals surface area (Å²) < 4.78 is 29.9. The maximum absolute atomic E-state index is 12.0. The summed E-state index contributed by atoms with van der Waals surface area (Å²) in [5, 5.41) is 4.45. The third kappa shape index (κ3) is 2.96. The third-order valence-corrected chi connectivity index (χ3v) is 3.03. The average molecular weight is 288 g/mol. The molecule has 0 spiro atoms. The van der Waals surface area contributed by atoms with Gasteiger partial charge < -0.3 is 10.5 Å². The number of rotatable bonds is 4. The first-order valence-electron chi connectivity index (χ1n) is 5.52. The van der Waals surface area contributed by atoms with Crippen LogP contribution in [0.1, 0.15) is 18.5 Å². The molecular weight excluding hydrogens is 276 g/mol. The fraction of sp³-hybridized carbons (Fsp3) is 0.250. The van der Waals surface area contributed by atoms with E-state index in [-0.39, 0.29) is 11.8 Å². The Labute approximate surface area is 113 Å². The first-order chi connectivity index (χ1) is 8.99. The van der Waals surface area contributed by atoms with Gasteiger partial charge in [0.1, 0.15) is 16.6 Å². The Balaban J connectivity index is 2.20. The van der Waals surface area contributed by atoms with Crippen LogP contribution >= 0.6 is 11.6 Å². The Bertz CT molecular complexity index is 557. The van der Waals surface area contributed by atoms with Crippen molar-refractivity contribution < 1.29 is 13.5 Å². The van der Waals surface area contributed by atoms with E-state index < -0.39 is 6.61 Å². The second kappa shape index (κ2) is 5.44. The fourth-order valence-electron chi connectivity index (χ4n) is 1.73. The molecule has 0 saturated carbocycles. The van der Waals surface area contributed by atoms with Crippen molar-refractivity contribution in [3.05, 3.63) is 41.0 Å². The molecule has 2 N–H and O–H groups in total. The Morgan fingerprint density at radius 1 is 1.32 bits per heavy atom. The molecule has 19 heavy (non-hydrogen) atoms. The van der Waals surface area contributed by atoms with Crippen LogP contribution in [0.25, 0.3) is 0 Å². The minimum atomic E-state index is -2.83. The van der Waals surface area contributed by atoms with Gasteiger partial charge in [-0.25, -0.2) is 4.68 Å². The molecule has 0 saturated heterocycles. The number of anilines is 1. The number of nitrogens with zero attached hydrogens (tertiary/aromatic N) is 2. The Kier molecular flexibility index (Phi) is 3.90. The van der Waals surface area contributed by atoms with Gasteiger partial charge in [0, 0.05) is 0 Å². The van der Waals surface area contributed by atoms with Crippen LogP contribution < -0.4 is 10.5 Å². The summed E-state index contributed by atoms with van der Waals surface area (Å²) in [6.07, 6.45) is 1.46. The molecule has 0 bridgehead atoms. The van der Waals surface area contributed by atoms with Crippen LogP contribution in [0.2, 0.25) is 5.02 Å². The van der Waals surface area contributed by atoms with Crippen LogP contribution in [0.5, 0.6) is 5.75 Å². The summed E-state index contributed by atoms with van der Waals surface area (Å²) in [7, 11) is 0. The van der Waals surface area contributed by atoms with Crippen LogP contribution in [-0.2, 0) is 0 Å². The molecular formula is C12H12ClF2N3O. The molecule has 1 heterocycles. The van der Waals surface area contributed by atoms with Crippen molar-refractivity contribution in [1.82, 2.24) is 9.78 Å². The predicted molar refractivity (Wildman–Crippen MR) is 68.5 cm³/mol. The lowest BCUT2D eigenvalue weighted by Gasteiger charge is -2.15. The summed E-state index contributed by atoms with van der Waals surface area (Å²) in [6.45, 7) is -0.952. The maximum Gasteiger partial charge on any atom is 0.387 e. The largest absolute Gasteiger partial charge is 0.435 e. The molecule has 0 aliphatic carbocycles. The monoisotopic (exact) mass is 287 g/mol. The van der Waals surface area contributed by atoms with Crippen molar-refractivity contribution in [2.24, 2.45) is 0 Å². The predicted octanol–water partition coefficient (Wildman–Crippen LogP) is 3.33. The average Bonchev–Trinajstić information content (AvgIpc) is 2.69. The summed E-state index contributed by atoms with van der Waals surface area (Å²) >= 11 is 5.83. The first kappa shape index (κ1) is 13.6. The molecule has 0 fully saturated rings. The lowest BCUT2D eigenvalue weighted by Crippen LogP contribution is -2.11. The van der Waals surface area contributed by atoms with Gasteiger partial charge >= 0.3 is 6.61 Å². The highest BCUT2D eigenvalue weighted by Gasteiger charge is 2.14. The van der Waals surface area contributed by atoms with E-state index in [4.69, 9.17) is 17.3 Å². The van der Waals surface area contributed by atoms with Gasteiger partial charge in [0.15, 0.2) is 0 Å². The molecule has 2 rings (SSSR count). The smallest absolute Gasteiger partial charge is 0.387 e. The summed E-state index contributed by atoms with van der Waals surface area (Å²) in [5.74, 6) is 0.472. The van der Waals surface area contributed by atoms with Crippen LogP contribution in [0.3, 0.4) is 0 Å². The number of alkyl halides is 2. The Morgan fingerprint density at radius 2 is 1.95 bits per heavy atom. The Morgan fingerprint density at radius 3 is 2.42 bits per heavy atom. The van der Waals surface area contributed by atoms with Crippen molar-refractivity contribution in [2.45, 2.75) is 19.6 Å². The van der Waals surface area contributed by atoms with Gasteiger partial charge in [-0.3, -0.25) is 0 Å². The number of hydrogen-bond acceptors (Lipinski definition) is 3. The second-order valence-electron chi connectivity index (χ2n) is 3.95. The van der Waals surface area contributed by atoms with Gasteiger partial charge in [-0.15, -0.1) is 0 Å². The molecule has 4 nitrogen and oxygen atoms in total. The van der Waals surface area contributed by atoms with E-state index in [1.54, 1.807) is 16.8 Å². The molecule has 102 valence electrons. The minimum Gasteiger partial charge on any atom is -0.435 e. The number of aromatic nitrogens is 2. The van der Waals surface area contributed by atoms with Crippen molar-refractivity contribution in [2.75, 3.05) is 5.73 Å². The molecule has 1 aromatic heterocycles. The third-order valence-electron chi connectivity index (χ3n) is 2.74. The van der Waals surface area contributed by atoms with E-state index in [1.165, 1.54) is 18.3 Å². The van der Waals surface area contributed by atoms with Crippen molar-refractivity contribution >= 4 is 17.4 Å². The first-order valence-corrected chi connectivity index (χ1v) is 5.90. The standard InChI is InChI=1S/C12H12ClF2N3O/c1-7(18-11(16)10(13)6-17-18)8-2-4-9(5-3-8)19-12(14)15/h2-7,12H,16H2,1H3. The van der Waals surface area contributed by atoms with Gasteiger partial charge in [-0.05, 0) is 24.6 Å². The lowest BCUT2D eigenvalue weighted by molar-refractivity contribution is -0.0498. The number of ether oxygens (including phenoxy) is 1. The normalized spacial score (nSPS) is 12.7. The molecule has 0 radical (unpaired) electrons. The molecule has 2 aromatic rings. The van der Waals surface area contributed by atoms with Crippen LogP contribution in [-0.4, -0.2) is 16.4 Å². The molecule has 0 aliphatic heterocycles. The molecule has 1 atom stereocenters. The second-order valence-corrected chi connectivity index (χ2v) is 4.35. The van der Waals surface area contributed by atoms with Crippen LogP contribution in [0, 0.1) is 0 Å². The van der Waals surface area contributed by atoms with E-state index in [0.29, 0.717) is 10.8 Å². The van der Waals surface area contributed by atoms with E-state index in [0.717, 1.165) is 5.56 Å². The highest BCUT2D eigenvalue weighted by atomic mass is 35.5. The van der Waals surface area contributed by atoms with Crippen molar-refractivity contribution in [1.29, 1.82) is 0 Å². The zero-order valence-electron chi connectivity index (χ0n) is 10.1. The SMILES string of the molecule is CC(c1ccc(OC(F)F)cc1)n1ncc(Cl)c1N. The number of nitrogens with two attached hydrogens (primary N) is 1. The minimum absolute atomic E-state index is 0.109. The molecule has 7 heteroatoms. The number of nitrogen functional groups attached to an aromatic ring is 1. The van der Waals surface area contributed by atoms with E-state index in [1.807, 2.05) is 6.92 Å².